The summed E-state index contributed by atoms with van der Waals surface area (Å²) in [4.78, 5) is 0. The van der Waals surface area contributed by atoms with Crippen molar-refractivity contribution in [2.45, 2.75) is 13.0 Å². The molecule has 96 valence electrons. The molecule has 0 saturated heterocycles. The summed E-state index contributed by atoms with van der Waals surface area (Å²) < 4.78 is 5.37. The molecule has 0 unspecified atom stereocenters. The van der Waals surface area contributed by atoms with Gasteiger partial charge in [-0.2, -0.15) is 0 Å². The lowest BCUT2D eigenvalue weighted by molar-refractivity contribution is 0.416. The molecule has 0 aliphatic heterocycles. The van der Waals surface area contributed by atoms with E-state index in [2.05, 4.69) is 18.2 Å². The van der Waals surface area contributed by atoms with Gasteiger partial charge in [-0.15, -0.1) is 12.4 Å². The van der Waals surface area contributed by atoms with Gasteiger partial charge in [-0.1, -0.05) is 36.4 Å². The second-order valence-electron chi connectivity index (χ2n) is 4.11. The van der Waals surface area contributed by atoms with Crippen LogP contribution in [-0.2, 0) is 0 Å². The first-order valence-electron chi connectivity index (χ1n) is 5.71. The van der Waals surface area contributed by atoms with Crippen molar-refractivity contribution in [2.75, 3.05) is 7.11 Å². The molecular formula is C15H18ClNO. The van der Waals surface area contributed by atoms with Crippen molar-refractivity contribution < 1.29 is 4.74 Å². The number of halogens is 1. The highest BCUT2D eigenvalue weighted by molar-refractivity contribution is 5.85. The Morgan fingerprint density at radius 3 is 2.44 bits per heavy atom. The van der Waals surface area contributed by atoms with Gasteiger partial charge in [-0.3, -0.25) is 0 Å². The minimum atomic E-state index is 0. The fourth-order valence-corrected chi connectivity index (χ4v) is 1.87. The van der Waals surface area contributed by atoms with Crippen LogP contribution in [0.4, 0.5) is 0 Å². The van der Waals surface area contributed by atoms with E-state index in [1.165, 1.54) is 0 Å². The van der Waals surface area contributed by atoms with Gasteiger partial charge in [0, 0.05) is 11.6 Å². The van der Waals surface area contributed by atoms with Crippen LogP contribution in [0.3, 0.4) is 0 Å². The monoisotopic (exact) mass is 263 g/mol. The van der Waals surface area contributed by atoms with Crippen molar-refractivity contribution in [3.05, 3.63) is 54.1 Å². The predicted octanol–water partition coefficient (Wildman–Crippen LogP) is 3.80. The van der Waals surface area contributed by atoms with Gasteiger partial charge < -0.3 is 10.5 Å². The molecule has 0 saturated carbocycles. The largest absolute Gasteiger partial charge is 0.496 e. The highest BCUT2D eigenvalue weighted by Crippen LogP contribution is 2.30. The fourth-order valence-electron chi connectivity index (χ4n) is 1.87. The van der Waals surface area contributed by atoms with Crippen LogP contribution in [0.2, 0.25) is 0 Å². The zero-order valence-electron chi connectivity index (χ0n) is 10.6. The molecule has 2 aromatic carbocycles. The molecule has 0 heterocycles. The molecular weight excluding hydrogens is 246 g/mol. The maximum atomic E-state index is 5.90. The highest BCUT2D eigenvalue weighted by atomic mass is 35.5. The zero-order chi connectivity index (χ0) is 12.3. The van der Waals surface area contributed by atoms with E-state index in [0.29, 0.717) is 0 Å². The molecule has 0 aliphatic rings. The molecule has 0 fully saturated rings. The van der Waals surface area contributed by atoms with Gasteiger partial charge in [0.25, 0.3) is 0 Å². The summed E-state index contributed by atoms with van der Waals surface area (Å²) in [6, 6.07) is 16.3. The number of ether oxygens (including phenoxy) is 1. The van der Waals surface area contributed by atoms with Gasteiger partial charge in [0.15, 0.2) is 0 Å². The maximum absolute atomic E-state index is 5.90. The molecule has 0 aliphatic carbocycles. The van der Waals surface area contributed by atoms with Crippen molar-refractivity contribution in [1.29, 1.82) is 0 Å². The summed E-state index contributed by atoms with van der Waals surface area (Å²) in [6.45, 7) is 1.99. The fraction of sp³-hybridized carbons (Fsp3) is 0.200. The molecule has 18 heavy (non-hydrogen) atoms. The molecule has 2 rings (SSSR count). The lowest BCUT2D eigenvalue weighted by atomic mass is 10.00. The second-order valence-corrected chi connectivity index (χ2v) is 4.11. The van der Waals surface area contributed by atoms with E-state index in [9.17, 15) is 0 Å². The Morgan fingerprint density at radius 1 is 1.06 bits per heavy atom. The first kappa shape index (κ1) is 14.6. The number of hydrogen-bond donors (Lipinski definition) is 1. The lowest BCUT2D eigenvalue weighted by Gasteiger charge is -2.11. The van der Waals surface area contributed by atoms with Gasteiger partial charge >= 0.3 is 0 Å². The number of methoxy groups -OCH3 is 1. The molecule has 1 atom stereocenters. The van der Waals surface area contributed by atoms with Gasteiger partial charge in [0.2, 0.25) is 0 Å². The number of hydrogen-bond acceptors (Lipinski definition) is 2. The van der Waals surface area contributed by atoms with E-state index in [-0.39, 0.29) is 18.4 Å². The predicted molar refractivity (Wildman–Crippen MR) is 78.3 cm³/mol. The third-order valence-electron chi connectivity index (χ3n) is 2.83. The van der Waals surface area contributed by atoms with E-state index >= 15 is 0 Å². The Labute approximate surface area is 114 Å². The third kappa shape index (κ3) is 3.03. The molecule has 0 amide bonds. The van der Waals surface area contributed by atoms with Crippen molar-refractivity contribution in [1.82, 2.24) is 0 Å². The normalized spacial score (nSPS) is 11.5. The standard InChI is InChI=1S/C15H17NO.ClH/c1-11(16)12-6-5-7-13(10-12)14-8-3-4-9-15(14)17-2;/h3-11H,16H2,1-2H3;1H/t11-;/m0./s1. The topological polar surface area (TPSA) is 35.2 Å². The molecule has 0 radical (unpaired) electrons. The van der Waals surface area contributed by atoms with Crippen LogP contribution in [0.15, 0.2) is 48.5 Å². The average molecular weight is 264 g/mol. The van der Waals surface area contributed by atoms with Crippen LogP contribution < -0.4 is 10.5 Å². The highest BCUT2D eigenvalue weighted by Gasteiger charge is 2.06. The summed E-state index contributed by atoms with van der Waals surface area (Å²) in [6.07, 6.45) is 0. The van der Waals surface area contributed by atoms with Gasteiger partial charge in [0.05, 0.1) is 7.11 Å². The lowest BCUT2D eigenvalue weighted by Crippen LogP contribution is -2.04. The van der Waals surface area contributed by atoms with E-state index in [0.717, 1.165) is 22.4 Å². The summed E-state index contributed by atoms with van der Waals surface area (Å²) in [5, 5.41) is 0. The van der Waals surface area contributed by atoms with E-state index < -0.39 is 0 Å². The SMILES string of the molecule is COc1ccccc1-c1cccc([C@H](C)N)c1.Cl. The molecule has 2 aromatic rings. The van der Waals surface area contributed by atoms with E-state index in [1.54, 1.807) is 7.11 Å². The van der Waals surface area contributed by atoms with Crippen LogP contribution in [-0.4, -0.2) is 7.11 Å². The van der Waals surface area contributed by atoms with Crippen molar-refractivity contribution >= 4 is 12.4 Å². The first-order valence-corrected chi connectivity index (χ1v) is 5.71. The molecule has 0 bridgehead atoms. The van der Waals surface area contributed by atoms with Crippen LogP contribution in [0.1, 0.15) is 18.5 Å². The van der Waals surface area contributed by atoms with Crippen LogP contribution >= 0.6 is 12.4 Å². The number of para-hydroxylation sites is 1. The van der Waals surface area contributed by atoms with Crippen molar-refractivity contribution in [3.63, 3.8) is 0 Å². The van der Waals surface area contributed by atoms with Gasteiger partial charge in [0.1, 0.15) is 5.75 Å². The molecule has 2 N–H and O–H groups in total. The second kappa shape index (κ2) is 6.43. The molecule has 0 aromatic heterocycles. The van der Waals surface area contributed by atoms with E-state index in [1.807, 2.05) is 37.3 Å². The Hall–Kier alpha value is -1.51. The Morgan fingerprint density at radius 2 is 1.78 bits per heavy atom. The molecule has 2 nitrogen and oxygen atoms in total. The van der Waals surface area contributed by atoms with Gasteiger partial charge in [-0.05, 0) is 30.2 Å². The van der Waals surface area contributed by atoms with Crippen molar-refractivity contribution in [3.8, 4) is 16.9 Å². The van der Waals surface area contributed by atoms with Crippen LogP contribution in [0, 0.1) is 0 Å². The average Bonchev–Trinajstić information content (AvgIpc) is 2.39. The summed E-state index contributed by atoms with van der Waals surface area (Å²) in [5.74, 6) is 0.884. The van der Waals surface area contributed by atoms with E-state index in [4.69, 9.17) is 10.5 Å². The number of benzene rings is 2. The number of nitrogens with two attached hydrogens (primary N) is 1. The zero-order valence-corrected chi connectivity index (χ0v) is 11.4. The Kier molecular flexibility index (Phi) is 5.20. The van der Waals surface area contributed by atoms with Crippen LogP contribution in [0.25, 0.3) is 11.1 Å². The van der Waals surface area contributed by atoms with Gasteiger partial charge in [-0.25, -0.2) is 0 Å². The third-order valence-corrected chi connectivity index (χ3v) is 2.83. The Balaban J connectivity index is 0.00000162. The molecule has 3 heteroatoms. The molecule has 0 spiro atoms. The van der Waals surface area contributed by atoms with Crippen molar-refractivity contribution in [2.24, 2.45) is 5.73 Å². The quantitative estimate of drug-likeness (QED) is 0.914. The summed E-state index contributed by atoms with van der Waals surface area (Å²) >= 11 is 0. The summed E-state index contributed by atoms with van der Waals surface area (Å²) in [5.41, 5.74) is 9.26. The minimum Gasteiger partial charge on any atom is -0.496 e. The summed E-state index contributed by atoms with van der Waals surface area (Å²) in [7, 11) is 1.69. The smallest absolute Gasteiger partial charge is 0.126 e. The first-order chi connectivity index (χ1) is 8.22. The Bertz CT molecular complexity index is 511. The maximum Gasteiger partial charge on any atom is 0.126 e. The van der Waals surface area contributed by atoms with Crippen LogP contribution in [0.5, 0.6) is 5.75 Å². The minimum absolute atomic E-state index is 0. The number of rotatable bonds is 3.